The Hall–Kier alpha value is -3.35. The number of fused-ring (bicyclic) bond motifs is 3. The maximum atomic E-state index is 13.9. The molecule has 0 saturated carbocycles. The van der Waals surface area contributed by atoms with Gasteiger partial charge in [-0.1, -0.05) is 59.8 Å². The molecule has 140 valence electrons. The van der Waals surface area contributed by atoms with E-state index in [9.17, 15) is 13.2 Å². The van der Waals surface area contributed by atoms with Gasteiger partial charge >= 0.3 is 6.18 Å². The molecule has 0 radical (unpaired) electrons. The molecule has 28 heavy (non-hydrogen) atoms. The molecule has 4 aromatic rings. The van der Waals surface area contributed by atoms with E-state index in [0.29, 0.717) is 23.4 Å². The summed E-state index contributed by atoms with van der Waals surface area (Å²) in [5.41, 5.74) is 1.60. The number of hydrogen-bond donors (Lipinski definition) is 0. The molecule has 0 N–H and O–H groups in total. The average Bonchev–Trinajstić information content (AvgIpc) is 3.33. The zero-order valence-electron chi connectivity index (χ0n) is 14.5. The van der Waals surface area contributed by atoms with E-state index in [4.69, 9.17) is 8.94 Å². The van der Waals surface area contributed by atoms with Gasteiger partial charge in [0.2, 0.25) is 5.76 Å². The van der Waals surface area contributed by atoms with Crippen LogP contribution in [0.5, 0.6) is 0 Å². The maximum absolute atomic E-state index is 13.9. The van der Waals surface area contributed by atoms with E-state index in [2.05, 4.69) is 10.1 Å². The molecule has 0 bridgehead atoms. The number of benzene rings is 2. The summed E-state index contributed by atoms with van der Waals surface area (Å²) in [6.45, 7) is 0. The van der Waals surface area contributed by atoms with Gasteiger partial charge in [-0.15, -0.1) is 0 Å². The van der Waals surface area contributed by atoms with E-state index in [1.807, 2.05) is 24.3 Å². The first-order valence-corrected chi connectivity index (χ1v) is 8.73. The smallest absolute Gasteiger partial charge is 0.422 e. The second-order valence-electron chi connectivity index (χ2n) is 6.55. The minimum absolute atomic E-state index is 0.205. The van der Waals surface area contributed by atoms with E-state index in [1.165, 1.54) is 0 Å². The topological polar surface area (TPSA) is 52.1 Å². The van der Waals surface area contributed by atoms with Crippen LogP contribution in [0.3, 0.4) is 0 Å². The van der Waals surface area contributed by atoms with Crippen LogP contribution in [0, 0.1) is 0 Å². The molecule has 0 fully saturated rings. The van der Waals surface area contributed by atoms with Crippen LogP contribution in [0.1, 0.15) is 16.8 Å². The molecule has 2 heterocycles. The largest absolute Gasteiger partial charge is 0.433 e. The first-order valence-electron chi connectivity index (χ1n) is 8.73. The fraction of sp³-hybridized carbons (Fsp3) is 0.143. The first kappa shape index (κ1) is 16.8. The van der Waals surface area contributed by atoms with Crippen molar-refractivity contribution in [2.24, 2.45) is 0 Å². The predicted molar refractivity (Wildman–Crippen MR) is 95.3 cm³/mol. The van der Waals surface area contributed by atoms with E-state index >= 15 is 0 Å². The quantitative estimate of drug-likeness (QED) is 0.441. The van der Waals surface area contributed by atoms with Gasteiger partial charge in [-0.3, -0.25) is 0 Å². The number of aromatic nitrogens is 2. The highest BCUT2D eigenvalue weighted by atomic mass is 19.4. The molecule has 0 amide bonds. The Labute approximate surface area is 157 Å². The Morgan fingerprint density at radius 1 is 0.857 bits per heavy atom. The summed E-state index contributed by atoms with van der Waals surface area (Å²) in [5, 5.41) is 3.68. The fourth-order valence-electron chi connectivity index (χ4n) is 3.53. The van der Waals surface area contributed by atoms with Crippen molar-refractivity contribution in [1.82, 2.24) is 10.1 Å². The third kappa shape index (κ3) is 2.62. The van der Waals surface area contributed by atoms with Crippen LogP contribution >= 0.6 is 0 Å². The van der Waals surface area contributed by atoms with Crippen LogP contribution in [-0.4, -0.2) is 10.1 Å². The fourth-order valence-corrected chi connectivity index (χ4v) is 3.53. The number of oxazole rings is 1. The van der Waals surface area contributed by atoms with Gasteiger partial charge in [-0.2, -0.15) is 13.2 Å². The molecule has 4 nitrogen and oxygen atoms in total. The van der Waals surface area contributed by atoms with Gasteiger partial charge < -0.3 is 8.94 Å². The molecule has 1 aliphatic rings. The van der Waals surface area contributed by atoms with E-state index in [-0.39, 0.29) is 11.6 Å². The molecule has 0 unspecified atom stereocenters. The molecule has 2 aromatic heterocycles. The summed E-state index contributed by atoms with van der Waals surface area (Å²) in [4.78, 5) is 4.30. The lowest BCUT2D eigenvalue weighted by Crippen LogP contribution is -2.07. The van der Waals surface area contributed by atoms with Gasteiger partial charge in [0.25, 0.3) is 5.89 Å². The SMILES string of the molecule is FC(F)(F)c1c(-c2ccccc2)noc1-c1nc2c(o1)-c1ccccc1CC2. The molecule has 0 aliphatic heterocycles. The number of rotatable bonds is 2. The van der Waals surface area contributed by atoms with Gasteiger partial charge in [0, 0.05) is 11.1 Å². The van der Waals surface area contributed by atoms with E-state index in [0.717, 1.165) is 17.5 Å². The van der Waals surface area contributed by atoms with Crippen molar-refractivity contribution in [3.8, 4) is 34.2 Å². The summed E-state index contributed by atoms with van der Waals surface area (Å²) in [6.07, 6.45) is -3.32. The Balaban J connectivity index is 1.68. The van der Waals surface area contributed by atoms with Gasteiger partial charge in [-0.25, -0.2) is 4.98 Å². The lowest BCUT2D eigenvalue weighted by atomic mass is 9.93. The number of aryl methyl sites for hydroxylation is 2. The van der Waals surface area contributed by atoms with Gasteiger partial charge in [0.1, 0.15) is 11.3 Å². The Morgan fingerprint density at radius 2 is 1.61 bits per heavy atom. The minimum atomic E-state index is -4.67. The summed E-state index contributed by atoms with van der Waals surface area (Å²) >= 11 is 0. The molecule has 0 spiro atoms. The summed E-state index contributed by atoms with van der Waals surface area (Å²) < 4.78 is 52.5. The lowest BCUT2D eigenvalue weighted by Gasteiger charge is -2.12. The Morgan fingerprint density at radius 3 is 2.39 bits per heavy atom. The zero-order valence-corrected chi connectivity index (χ0v) is 14.5. The Bertz CT molecular complexity index is 1160. The van der Waals surface area contributed by atoms with Crippen molar-refractivity contribution in [2.75, 3.05) is 0 Å². The average molecular weight is 382 g/mol. The summed E-state index contributed by atoms with van der Waals surface area (Å²) in [7, 11) is 0. The molecule has 1 aliphatic carbocycles. The molecule has 2 aromatic carbocycles. The highest BCUT2D eigenvalue weighted by molar-refractivity contribution is 5.73. The van der Waals surface area contributed by atoms with Crippen molar-refractivity contribution in [3.05, 3.63) is 71.4 Å². The van der Waals surface area contributed by atoms with Gasteiger partial charge in [-0.05, 0) is 18.4 Å². The molecule has 0 saturated heterocycles. The number of hydrogen-bond acceptors (Lipinski definition) is 4. The number of halogens is 3. The Kier molecular flexibility index (Phi) is 3.65. The van der Waals surface area contributed by atoms with Crippen LogP contribution in [0.4, 0.5) is 13.2 Å². The van der Waals surface area contributed by atoms with Crippen LogP contribution in [0.15, 0.2) is 63.5 Å². The van der Waals surface area contributed by atoms with Crippen LogP contribution < -0.4 is 0 Å². The number of alkyl halides is 3. The standard InChI is InChI=1S/C21H13F3N2O2/c22-21(23,24)16-17(13-7-2-1-3-8-13)26-28-19(16)20-25-15-11-10-12-6-4-5-9-14(12)18(15)27-20/h1-9H,10-11H2. The van der Waals surface area contributed by atoms with Crippen LogP contribution in [-0.2, 0) is 19.0 Å². The second-order valence-corrected chi connectivity index (χ2v) is 6.55. The zero-order chi connectivity index (χ0) is 19.3. The predicted octanol–water partition coefficient (Wildman–Crippen LogP) is 5.78. The molecular formula is C21H13F3N2O2. The third-order valence-electron chi connectivity index (χ3n) is 4.81. The van der Waals surface area contributed by atoms with Crippen LogP contribution in [0.25, 0.3) is 34.2 Å². The summed E-state index contributed by atoms with van der Waals surface area (Å²) in [5.74, 6) is -0.218. The van der Waals surface area contributed by atoms with Crippen molar-refractivity contribution >= 4 is 0 Å². The normalized spacial score (nSPS) is 13.2. The van der Waals surface area contributed by atoms with E-state index in [1.54, 1.807) is 30.3 Å². The van der Waals surface area contributed by atoms with Crippen molar-refractivity contribution in [1.29, 1.82) is 0 Å². The van der Waals surface area contributed by atoms with Crippen molar-refractivity contribution < 1.29 is 22.1 Å². The van der Waals surface area contributed by atoms with Crippen molar-refractivity contribution in [3.63, 3.8) is 0 Å². The first-order chi connectivity index (χ1) is 13.5. The molecular weight excluding hydrogens is 369 g/mol. The lowest BCUT2D eigenvalue weighted by molar-refractivity contribution is -0.136. The second kappa shape index (κ2) is 6.09. The molecule has 7 heteroatoms. The monoisotopic (exact) mass is 382 g/mol. The van der Waals surface area contributed by atoms with Gasteiger partial charge in [0.15, 0.2) is 5.76 Å². The van der Waals surface area contributed by atoms with Crippen molar-refractivity contribution in [2.45, 2.75) is 19.0 Å². The summed E-state index contributed by atoms with van der Waals surface area (Å²) in [6, 6.07) is 15.7. The molecule has 5 rings (SSSR count). The minimum Gasteiger partial charge on any atom is -0.433 e. The highest BCUT2D eigenvalue weighted by Gasteiger charge is 2.43. The molecule has 0 atom stereocenters. The van der Waals surface area contributed by atoms with Gasteiger partial charge in [0.05, 0.1) is 5.69 Å². The number of nitrogens with zero attached hydrogens (tertiary/aromatic N) is 2. The van der Waals surface area contributed by atoms with E-state index < -0.39 is 17.5 Å². The van der Waals surface area contributed by atoms with Crippen LogP contribution in [0.2, 0.25) is 0 Å². The highest BCUT2D eigenvalue weighted by Crippen LogP contribution is 2.44. The maximum Gasteiger partial charge on any atom is 0.422 e. The third-order valence-corrected chi connectivity index (χ3v) is 4.81.